The number of rotatable bonds is 8. The van der Waals surface area contributed by atoms with Crippen molar-refractivity contribution in [3.63, 3.8) is 0 Å². The van der Waals surface area contributed by atoms with Crippen LogP contribution in [0.4, 0.5) is 0 Å². The van der Waals surface area contributed by atoms with Crippen molar-refractivity contribution < 1.29 is 40.5 Å². The van der Waals surface area contributed by atoms with Crippen LogP contribution in [-0.2, 0) is 25.7 Å². The summed E-state index contributed by atoms with van der Waals surface area (Å²) in [6, 6.07) is 16.5. The zero-order valence-corrected chi connectivity index (χ0v) is 19.2. The number of benzene rings is 4. The molecule has 8 heteroatoms. The van der Waals surface area contributed by atoms with Crippen LogP contribution in [0.1, 0.15) is 22.3 Å². The van der Waals surface area contributed by atoms with Crippen LogP contribution in [0.3, 0.4) is 0 Å². The summed E-state index contributed by atoms with van der Waals surface area (Å²) < 4.78 is 5.73. The second-order valence-corrected chi connectivity index (χ2v) is 8.54. The van der Waals surface area contributed by atoms with E-state index in [1.807, 2.05) is 6.07 Å². The molecule has 0 atom stereocenters. The van der Waals surface area contributed by atoms with E-state index in [0.29, 0.717) is 42.4 Å². The summed E-state index contributed by atoms with van der Waals surface area (Å²) in [5.74, 6) is -1.51. The SMILES string of the molecule is Oc1cc(O)cc(CCc2cc(O)c(O)c(Oc3cc(CCc4cccc(O)c4)c(O)cc3O)c2)c1. The molecule has 0 saturated heterocycles. The van der Waals surface area contributed by atoms with Crippen molar-refractivity contribution in [1.82, 2.24) is 0 Å². The van der Waals surface area contributed by atoms with Crippen molar-refractivity contribution in [3.8, 4) is 51.7 Å². The molecule has 0 fully saturated rings. The van der Waals surface area contributed by atoms with Gasteiger partial charge in [-0.25, -0.2) is 0 Å². The Kier molecular flexibility index (Phi) is 6.96. The van der Waals surface area contributed by atoms with E-state index >= 15 is 0 Å². The van der Waals surface area contributed by atoms with E-state index in [2.05, 4.69) is 0 Å². The fraction of sp³-hybridized carbons (Fsp3) is 0.143. The maximum Gasteiger partial charge on any atom is 0.201 e. The van der Waals surface area contributed by atoms with Gasteiger partial charge in [-0.05, 0) is 90.4 Å². The molecule has 4 rings (SSSR count). The maximum atomic E-state index is 10.3. The van der Waals surface area contributed by atoms with Gasteiger partial charge in [0.15, 0.2) is 23.0 Å². The van der Waals surface area contributed by atoms with Crippen molar-refractivity contribution in [1.29, 1.82) is 0 Å². The number of phenols is 7. The molecule has 0 unspecified atom stereocenters. The van der Waals surface area contributed by atoms with Gasteiger partial charge in [0.2, 0.25) is 5.75 Å². The molecule has 4 aromatic carbocycles. The van der Waals surface area contributed by atoms with Gasteiger partial charge in [0, 0.05) is 12.1 Å². The minimum atomic E-state index is -0.512. The van der Waals surface area contributed by atoms with Crippen molar-refractivity contribution in [2.24, 2.45) is 0 Å². The van der Waals surface area contributed by atoms with E-state index in [0.717, 1.165) is 11.6 Å². The van der Waals surface area contributed by atoms with E-state index in [9.17, 15) is 35.7 Å². The van der Waals surface area contributed by atoms with Gasteiger partial charge in [0.05, 0.1) is 0 Å². The van der Waals surface area contributed by atoms with Crippen LogP contribution in [0.2, 0.25) is 0 Å². The molecule has 0 heterocycles. The predicted octanol–water partition coefficient (Wildman–Crippen LogP) is 4.99. The Balaban J connectivity index is 1.54. The van der Waals surface area contributed by atoms with Gasteiger partial charge < -0.3 is 40.5 Å². The summed E-state index contributed by atoms with van der Waals surface area (Å²) in [5.41, 5.74) is 2.62. The van der Waals surface area contributed by atoms with Crippen molar-refractivity contribution >= 4 is 0 Å². The summed E-state index contributed by atoms with van der Waals surface area (Å²) >= 11 is 0. The fourth-order valence-electron chi connectivity index (χ4n) is 3.95. The van der Waals surface area contributed by atoms with Crippen molar-refractivity contribution in [2.45, 2.75) is 25.7 Å². The van der Waals surface area contributed by atoms with Crippen molar-refractivity contribution in [3.05, 3.63) is 89.0 Å². The van der Waals surface area contributed by atoms with Gasteiger partial charge >= 0.3 is 0 Å². The quantitative estimate of drug-likeness (QED) is 0.171. The lowest BCUT2D eigenvalue weighted by atomic mass is 10.0. The molecule has 0 spiro atoms. The normalized spacial score (nSPS) is 10.9. The summed E-state index contributed by atoms with van der Waals surface area (Å²) in [6.07, 6.45) is 1.72. The molecular formula is C28H26O8. The van der Waals surface area contributed by atoms with Gasteiger partial charge in [0.1, 0.15) is 23.0 Å². The summed E-state index contributed by atoms with van der Waals surface area (Å²) in [7, 11) is 0. The third-order valence-electron chi connectivity index (χ3n) is 5.75. The van der Waals surface area contributed by atoms with Gasteiger partial charge in [-0.3, -0.25) is 0 Å². The molecule has 0 radical (unpaired) electrons. The van der Waals surface area contributed by atoms with Gasteiger partial charge in [-0.1, -0.05) is 12.1 Å². The standard InChI is InChI=1S/C28H26O8/c29-20-3-1-2-16(8-20)6-7-19-13-26(24(33)15-23(19)32)36-27-12-18(11-25(34)28(27)35)5-4-17-9-21(30)14-22(31)10-17/h1-3,8-15,29-35H,4-7H2. The average molecular weight is 491 g/mol. The van der Waals surface area contributed by atoms with Crippen LogP contribution < -0.4 is 4.74 Å². The molecule has 0 aliphatic rings. The summed E-state index contributed by atoms with van der Waals surface area (Å²) in [5, 5.41) is 70.1. The van der Waals surface area contributed by atoms with Crippen molar-refractivity contribution in [2.75, 3.05) is 0 Å². The Morgan fingerprint density at radius 2 is 1.11 bits per heavy atom. The van der Waals surface area contributed by atoms with E-state index < -0.39 is 11.5 Å². The first-order chi connectivity index (χ1) is 17.2. The van der Waals surface area contributed by atoms with Crippen LogP contribution in [-0.4, -0.2) is 35.7 Å². The highest BCUT2D eigenvalue weighted by Gasteiger charge is 2.16. The number of phenolic OH excluding ortho intramolecular Hbond substituents is 7. The molecule has 0 aromatic heterocycles. The minimum absolute atomic E-state index is 0.0246. The monoisotopic (exact) mass is 490 g/mol. The average Bonchev–Trinajstić information content (AvgIpc) is 2.81. The second-order valence-electron chi connectivity index (χ2n) is 8.54. The largest absolute Gasteiger partial charge is 0.508 e. The third kappa shape index (κ3) is 5.85. The highest BCUT2D eigenvalue weighted by atomic mass is 16.5. The molecule has 4 aromatic rings. The first-order valence-corrected chi connectivity index (χ1v) is 11.3. The second kappa shape index (κ2) is 10.3. The Morgan fingerprint density at radius 3 is 1.81 bits per heavy atom. The Hall–Kier alpha value is -4.72. The smallest absolute Gasteiger partial charge is 0.201 e. The molecule has 7 N–H and O–H groups in total. The topological polar surface area (TPSA) is 151 Å². The molecule has 186 valence electrons. The van der Waals surface area contributed by atoms with Crippen LogP contribution in [0, 0.1) is 0 Å². The molecule has 8 nitrogen and oxygen atoms in total. The zero-order chi connectivity index (χ0) is 25.8. The fourth-order valence-corrected chi connectivity index (χ4v) is 3.95. The molecule has 0 aliphatic carbocycles. The number of hydrogen-bond acceptors (Lipinski definition) is 8. The number of aryl methyl sites for hydroxylation is 4. The van der Waals surface area contributed by atoms with Crippen LogP contribution in [0.25, 0.3) is 0 Å². The Morgan fingerprint density at radius 1 is 0.472 bits per heavy atom. The lowest BCUT2D eigenvalue weighted by Crippen LogP contribution is -1.96. The van der Waals surface area contributed by atoms with E-state index in [-0.39, 0.29) is 40.2 Å². The number of ether oxygens (including phenoxy) is 1. The van der Waals surface area contributed by atoms with Crippen LogP contribution in [0.15, 0.2) is 66.7 Å². The van der Waals surface area contributed by atoms with Crippen LogP contribution >= 0.6 is 0 Å². The molecule has 36 heavy (non-hydrogen) atoms. The van der Waals surface area contributed by atoms with Gasteiger partial charge in [0.25, 0.3) is 0 Å². The lowest BCUT2D eigenvalue weighted by Gasteiger charge is -2.14. The molecule has 0 saturated carbocycles. The van der Waals surface area contributed by atoms with E-state index in [1.165, 1.54) is 36.4 Å². The maximum absolute atomic E-state index is 10.3. The highest BCUT2D eigenvalue weighted by molar-refractivity contribution is 5.56. The first kappa shape index (κ1) is 24.4. The van der Waals surface area contributed by atoms with Gasteiger partial charge in [-0.15, -0.1) is 0 Å². The number of hydrogen-bond donors (Lipinski definition) is 7. The third-order valence-corrected chi connectivity index (χ3v) is 5.75. The Bertz CT molecular complexity index is 1380. The molecular weight excluding hydrogens is 464 g/mol. The summed E-state index contributed by atoms with van der Waals surface area (Å²) in [4.78, 5) is 0. The lowest BCUT2D eigenvalue weighted by molar-refractivity contribution is 0.359. The van der Waals surface area contributed by atoms with Gasteiger partial charge in [-0.2, -0.15) is 0 Å². The minimum Gasteiger partial charge on any atom is -0.508 e. The Labute approximate surface area is 207 Å². The molecule has 0 bridgehead atoms. The highest BCUT2D eigenvalue weighted by Crippen LogP contribution is 2.43. The number of aromatic hydroxyl groups is 7. The summed E-state index contributed by atoms with van der Waals surface area (Å²) in [6.45, 7) is 0. The van der Waals surface area contributed by atoms with E-state index in [1.54, 1.807) is 18.2 Å². The zero-order valence-electron chi connectivity index (χ0n) is 19.2. The van der Waals surface area contributed by atoms with Crippen LogP contribution in [0.5, 0.6) is 51.7 Å². The molecule has 0 amide bonds. The predicted molar refractivity (Wildman–Crippen MR) is 132 cm³/mol. The first-order valence-electron chi connectivity index (χ1n) is 11.3. The molecule has 0 aliphatic heterocycles. The van der Waals surface area contributed by atoms with E-state index in [4.69, 9.17) is 4.74 Å².